The first-order chi connectivity index (χ1) is 8.89. The molecule has 104 valence electrons. The minimum Gasteiger partial charge on any atom is -0.388 e. The molecule has 3 N–H and O–H groups in total. The van der Waals surface area contributed by atoms with Crippen LogP contribution in [0.4, 0.5) is 5.82 Å². The normalized spacial score (nSPS) is 15.2. The van der Waals surface area contributed by atoms with Gasteiger partial charge in [0.15, 0.2) is 9.84 Å². The molecule has 0 amide bonds. The van der Waals surface area contributed by atoms with Gasteiger partial charge < -0.3 is 10.6 Å². The van der Waals surface area contributed by atoms with Crippen LogP contribution < -0.4 is 10.6 Å². The second kappa shape index (κ2) is 5.16. The van der Waals surface area contributed by atoms with Crippen LogP contribution in [0, 0.1) is 5.41 Å². The number of pyridine rings is 1. The Kier molecular flexibility index (Phi) is 3.75. The summed E-state index contributed by atoms with van der Waals surface area (Å²) >= 11 is 0. The lowest BCUT2D eigenvalue weighted by Gasteiger charge is -2.25. The first-order valence-electron chi connectivity index (χ1n) is 6.14. The molecule has 1 saturated carbocycles. The number of sulfone groups is 1. The van der Waals surface area contributed by atoms with E-state index >= 15 is 0 Å². The molecular weight excluding hydrogens is 264 g/mol. The van der Waals surface area contributed by atoms with Gasteiger partial charge in [-0.25, -0.2) is 13.4 Å². The molecule has 0 aliphatic heterocycles. The summed E-state index contributed by atoms with van der Waals surface area (Å²) in [4.78, 5) is 6.42. The zero-order valence-electron chi connectivity index (χ0n) is 10.8. The first-order valence-corrected chi connectivity index (χ1v) is 8.03. The molecular formula is C12H18N4O2S. The van der Waals surface area contributed by atoms with E-state index < -0.39 is 9.84 Å². The zero-order valence-corrected chi connectivity index (χ0v) is 11.7. The van der Waals surface area contributed by atoms with E-state index in [4.69, 9.17) is 11.1 Å². The maximum Gasteiger partial charge on any atom is 0.179 e. The monoisotopic (exact) mass is 282 g/mol. The lowest BCUT2D eigenvalue weighted by molar-refractivity contribution is 0.600. The largest absolute Gasteiger partial charge is 0.388 e. The Hall–Kier alpha value is -1.63. The van der Waals surface area contributed by atoms with E-state index in [-0.39, 0.29) is 10.7 Å². The number of amidine groups is 1. The lowest BCUT2D eigenvalue weighted by Crippen LogP contribution is -2.31. The number of hydrogen-bond acceptors (Lipinski definition) is 5. The van der Waals surface area contributed by atoms with Crippen LogP contribution >= 0.6 is 0 Å². The number of rotatable bonds is 6. The summed E-state index contributed by atoms with van der Waals surface area (Å²) in [5.74, 6) is 0.580. The van der Waals surface area contributed by atoms with Crippen molar-refractivity contribution in [3.8, 4) is 0 Å². The van der Waals surface area contributed by atoms with E-state index in [1.807, 2.05) is 4.90 Å². The summed E-state index contributed by atoms with van der Waals surface area (Å²) in [5, 5.41) is 7.30. The molecule has 0 aromatic carbocycles. The zero-order chi connectivity index (χ0) is 14.0. The minimum absolute atomic E-state index is 0.0995. The molecule has 1 aromatic rings. The third-order valence-electron chi connectivity index (χ3n) is 3.03. The fourth-order valence-corrected chi connectivity index (χ4v) is 2.80. The molecule has 6 nitrogen and oxygen atoms in total. The Labute approximate surface area is 113 Å². The van der Waals surface area contributed by atoms with Gasteiger partial charge in [0.2, 0.25) is 0 Å². The maximum atomic E-state index is 11.8. The topological polar surface area (TPSA) is 100 Å². The van der Waals surface area contributed by atoms with E-state index in [2.05, 4.69) is 4.98 Å². The van der Waals surface area contributed by atoms with E-state index in [9.17, 15) is 8.42 Å². The number of aromatic nitrogens is 1. The molecule has 0 saturated heterocycles. The SMILES string of the molecule is CS(=O)(=O)c1cccnc1N(CCC(=N)N)C1CC1. The summed E-state index contributed by atoms with van der Waals surface area (Å²) in [6.45, 7) is 0.527. The van der Waals surface area contributed by atoms with Crippen molar-refractivity contribution in [3.63, 3.8) is 0 Å². The summed E-state index contributed by atoms with van der Waals surface area (Å²) in [7, 11) is -3.31. The maximum absolute atomic E-state index is 11.8. The van der Waals surface area contributed by atoms with E-state index in [1.165, 1.54) is 6.26 Å². The summed E-state index contributed by atoms with van der Waals surface area (Å²) in [6, 6.07) is 3.51. The number of anilines is 1. The average Bonchev–Trinajstić information content (AvgIpc) is 3.12. The Morgan fingerprint density at radius 1 is 1.58 bits per heavy atom. The van der Waals surface area contributed by atoms with E-state index in [1.54, 1.807) is 18.3 Å². The lowest BCUT2D eigenvalue weighted by atomic mass is 10.3. The van der Waals surface area contributed by atoms with Crippen molar-refractivity contribution in [2.24, 2.45) is 5.73 Å². The third-order valence-corrected chi connectivity index (χ3v) is 4.15. The average molecular weight is 282 g/mol. The van der Waals surface area contributed by atoms with Gasteiger partial charge in [0.1, 0.15) is 10.7 Å². The summed E-state index contributed by atoms with van der Waals surface area (Å²) in [5.41, 5.74) is 5.38. The molecule has 0 radical (unpaired) electrons. The quantitative estimate of drug-likeness (QED) is 0.593. The van der Waals surface area contributed by atoms with Gasteiger partial charge in [0, 0.05) is 31.5 Å². The van der Waals surface area contributed by atoms with Crippen LogP contribution in [-0.2, 0) is 9.84 Å². The number of hydrogen-bond donors (Lipinski definition) is 2. The third kappa shape index (κ3) is 3.44. The van der Waals surface area contributed by atoms with Crippen LogP contribution in [0.5, 0.6) is 0 Å². The molecule has 1 aromatic heterocycles. The van der Waals surface area contributed by atoms with Crippen LogP contribution in [0.2, 0.25) is 0 Å². The van der Waals surface area contributed by atoms with Crippen LogP contribution in [0.3, 0.4) is 0 Å². The second-order valence-electron chi connectivity index (χ2n) is 4.80. The van der Waals surface area contributed by atoms with Crippen molar-refractivity contribution >= 4 is 21.5 Å². The smallest absolute Gasteiger partial charge is 0.179 e. The number of nitrogens with one attached hydrogen (secondary N) is 1. The number of nitrogens with zero attached hydrogens (tertiary/aromatic N) is 2. The Morgan fingerprint density at radius 2 is 2.26 bits per heavy atom. The van der Waals surface area contributed by atoms with Gasteiger partial charge in [-0.05, 0) is 25.0 Å². The molecule has 1 aliphatic carbocycles. The van der Waals surface area contributed by atoms with E-state index in [0.29, 0.717) is 24.8 Å². The Morgan fingerprint density at radius 3 is 2.79 bits per heavy atom. The van der Waals surface area contributed by atoms with Crippen molar-refractivity contribution in [2.75, 3.05) is 17.7 Å². The van der Waals surface area contributed by atoms with Gasteiger partial charge in [-0.15, -0.1) is 0 Å². The van der Waals surface area contributed by atoms with Crippen LogP contribution in [0.1, 0.15) is 19.3 Å². The molecule has 1 aliphatic rings. The minimum atomic E-state index is -3.31. The highest BCUT2D eigenvalue weighted by Gasteiger charge is 2.32. The highest BCUT2D eigenvalue weighted by Crippen LogP contribution is 2.33. The summed E-state index contributed by atoms with van der Waals surface area (Å²) in [6.07, 6.45) is 5.24. The van der Waals surface area contributed by atoms with Gasteiger partial charge >= 0.3 is 0 Å². The van der Waals surface area contributed by atoms with Gasteiger partial charge in [-0.2, -0.15) is 0 Å². The molecule has 1 heterocycles. The highest BCUT2D eigenvalue weighted by atomic mass is 32.2. The predicted octanol–water partition coefficient (Wildman–Crippen LogP) is 0.780. The molecule has 0 unspecified atom stereocenters. The second-order valence-corrected chi connectivity index (χ2v) is 6.78. The van der Waals surface area contributed by atoms with Crippen molar-refractivity contribution < 1.29 is 8.42 Å². The number of nitrogens with two attached hydrogens (primary N) is 1. The van der Waals surface area contributed by atoms with Crippen LogP contribution in [0.25, 0.3) is 0 Å². The van der Waals surface area contributed by atoms with Crippen molar-refractivity contribution in [1.82, 2.24) is 4.98 Å². The predicted molar refractivity (Wildman–Crippen MR) is 74.2 cm³/mol. The molecule has 1 fully saturated rings. The van der Waals surface area contributed by atoms with Gasteiger partial charge in [-0.3, -0.25) is 5.41 Å². The molecule has 0 spiro atoms. The van der Waals surface area contributed by atoms with Crippen LogP contribution in [0.15, 0.2) is 23.2 Å². The van der Waals surface area contributed by atoms with Crippen molar-refractivity contribution in [1.29, 1.82) is 5.41 Å². The first kappa shape index (κ1) is 13.8. The fourth-order valence-electron chi connectivity index (χ4n) is 1.98. The Balaban J connectivity index is 2.34. The van der Waals surface area contributed by atoms with E-state index in [0.717, 1.165) is 12.8 Å². The molecule has 0 atom stereocenters. The Bertz CT molecular complexity index is 581. The van der Waals surface area contributed by atoms with Gasteiger partial charge in [0.25, 0.3) is 0 Å². The fraction of sp³-hybridized carbons (Fsp3) is 0.500. The van der Waals surface area contributed by atoms with Gasteiger partial charge in [0.05, 0.1) is 5.84 Å². The molecule has 0 bridgehead atoms. The molecule has 7 heteroatoms. The van der Waals surface area contributed by atoms with Crippen molar-refractivity contribution in [3.05, 3.63) is 18.3 Å². The van der Waals surface area contributed by atoms with Crippen LogP contribution in [-0.4, -0.2) is 38.1 Å². The standard InChI is InChI=1S/C12H18N4O2S/c1-19(17,18)10-3-2-7-15-12(10)16(9-4-5-9)8-6-11(13)14/h2-3,7,9H,4-6,8H2,1H3,(H3,13,14). The van der Waals surface area contributed by atoms with Crippen molar-refractivity contribution in [2.45, 2.75) is 30.2 Å². The molecule has 2 rings (SSSR count). The highest BCUT2D eigenvalue weighted by molar-refractivity contribution is 7.90. The molecule has 19 heavy (non-hydrogen) atoms. The van der Waals surface area contributed by atoms with Gasteiger partial charge in [-0.1, -0.05) is 0 Å². The summed E-state index contributed by atoms with van der Waals surface area (Å²) < 4.78 is 23.6.